The SMILES string of the molecule is CC(CC(=O)N1CCN(c2ccc(NC(=O)Nc3ccc([N+](=O)[O-])cc3)cc2)CC1)CC(C)(C)C. The van der Waals surface area contributed by atoms with Gasteiger partial charge >= 0.3 is 6.03 Å². The zero-order chi connectivity index (χ0) is 25.6. The molecule has 1 heterocycles. The number of urea groups is 1. The fraction of sp³-hybridized carbons (Fsp3) is 0.462. The number of hydrogen-bond donors (Lipinski definition) is 2. The quantitative estimate of drug-likeness (QED) is 0.409. The summed E-state index contributed by atoms with van der Waals surface area (Å²) in [5, 5.41) is 16.1. The van der Waals surface area contributed by atoms with Crippen LogP contribution in [0.5, 0.6) is 0 Å². The number of nitrogens with zero attached hydrogens (tertiary/aromatic N) is 3. The molecule has 1 atom stereocenters. The molecule has 9 nitrogen and oxygen atoms in total. The number of nitro benzene ring substituents is 1. The molecule has 1 aliphatic heterocycles. The fourth-order valence-corrected chi connectivity index (χ4v) is 4.47. The number of carbonyl (C=O) groups is 2. The van der Waals surface area contributed by atoms with Gasteiger partial charge in [0.2, 0.25) is 5.91 Å². The van der Waals surface area contributed by atoms with E-state index in [0.717, 1.165) is 25.2 Å². The average Bonchev–Trinajstić information content (AvgIpc) is 2.78. The first kappa shape index (κ1) is 26.0. The van der Waals surface area contributed by atoms with Crippen molar-refractivity contribution < 1.29 is 14.5 Å². The van der Waals surface area contributed by atoms with Crippen LogP contribution in [0.15, 0.2) is 48.5 Å². The van der Waals surface area contributed by atoms with Crippen molar-refractivity contribution in [3.05, 3.63) is 58.6 Å². The minimum Gasteiger partial charge on any atom is -0.368 e. The molecule has 0 spiro atoms. The number of hydrogen-bond acceptors (Lipinski definition) is 5. The van der Waals surface area contributed by atoms with E-state index in [1.807, 2.05) is 29.2 Å². The summed E-state index contributed by atoms with van der Waals surface area (Å²) in [4.78, 5) is 39.4. The van der Waals surface area contributed by atoms with Gasteiger partial charge in [0.05, 0.1) is 4.92 Å². The number of piperazine rings is 1. The summed E-state index contributed by atoms with van der Waals surface area (Å²) in [6, 6.07) is 12.8. The predicted octanol–water partition coefficient (Wildman–Crippen LogP) is 5.35. The van der Waals surface area contributed by atoms with Crippen molar-refractivity contribution in [3.8, 4) is 0 Å². The van der Waals surface area contributed by atoms with Crippen LogP contribution in [0.2, 0.25) is 0 Å². The number of rotatable bonds is 7. The Morgan fingerprint density at radius 3 is 1.94 bits per heavy atom. The lowest BCUT2D eigenvalue weighted by atomic mass is 9.84. The molecule has 188 valence electrons. The first-order chi connectivity index (χ1) is 16.5. The van der Waals surface area contributed by atoms with Crippen LogP contribution in [0.1, 0.15) is 40.5 Å². The molecule has 2 N–H and O–H groups in total. The maximum atomic E-state index is 12.7. The van der Waals surface area contributed by atoms with Gasteiger partial charge in [-0.2, -0.15) is 0 Å². The van der Waals surface area contributed by atoms with Crippen LogP contribution in [0.25, 0.3) is 0 Å². The van der Waals surface area contributed by atoms with Gasteiger partial charge in [-0.1, -0.05) is 27.7 Å². The van der Waals surface area contributed by atoms with E-state index in [1.54, 1.807) is 0 Å². The third kappa shape index (κ3) is 7.98. The Balaban J connectivity index is 1.46. The lowest BCUT2D eigenvalue weighted by molar-refractivity contribution is -0.384. The van der Waals surface area contributed by atoms with Crippen molar-refractivity contribution in [2.75, 3.05) is 41.7 Å². The van der Waals surface area contributed by atoms with Crippen molar-refractivity contribution in [3.63, 3.8) is 0 Å². The smallest absolute Gasteiger partial charge is 0.323 e. The second-order valence-electron chi connectivity index (χ2n) is 10.4. The van der Waals surface area contributed by atoms with Gasteiger partial charge in [0.1, 0.15) is 0 Å². The molecule has 9 heteroatoms. The summed E-state index contributed by atoms with van der Waals surface area (Å²) in [5.41, 5.74) is 2.33. The maximum absolute atomic E-state index is 12.7. The minimum absolute atomic E-state index is 0.0353. The van der Waals surface area contributed by atoms with E-state index in [1.165, 1.54) is 24.3 Å². The van der Waals surface area contributed by atoms with Gasteiger partial charge in [0, 0.05) is 61.8 Å². The summed E-state index contributed by atoms with van der Waals surface area (Å²) in [7, 11) is 0. The van der Waals surface area contributed by atoms with E-state index in [-0.39, 0.29) is 17.0 Å². The first-order valence-corrected chi connectivity index (χ1v) is 12.0. The molecule has 1 fully saturated rings. The number of nitrogens with one attached hydrogen (secondary N) is 2. The highest BCUT2D eigenvalue weighted by Gasteiger charge is 2.24. The third-order valence-corrected chi connectivity index (χ3v) is 5.94. The number of amides is 3. The van der Waals surface area contributed by atoms with E-state index >= 15 is 0 Å². The Bertz CT molecular complexity index is 1020. The molecule has 1 aliphatic rings. The Kier molecular flexibility index (Phi) is 8.32. The molecule has 1 saturated heterocycles. The van der Waals surface area contributed by atoms with E-state index < -0.39 is 11.0 Å². The molecule has 3 amide bonds. The van der Waals surface area contributed by atoms with E-state index in [2.05, 4.69) is 43.2 Å². The molecule has 2 aromatic rings. The third-order valence-electron chi connectivity index (χ3n) is 5.94. The van der Waals surface area contributed by atoms with Crippen LogP contribution >= 0.6 is 0 Å². The van der Waals surface area contributed by atoms with Crippen LogP contribution in [0.3, 0.4) is 0 Å². The van der Waals surface area contributed by atoms with Crippen molar-refractivity contribution >= 4 is 34.7 Å². The fourth-order valence-electron chi connectivity index (χ4n) is 4.47. The molecule has 2 aromatic carbocycles. The number of nitro groups is 1. The lowest BCUT2D eigenvalue weighted by Crippen LogP contribution is -2.49. The van der Waals surface area contributed by atoms with Gasteiger partial charge in [0.15, 0.2) is 0 Å². The van der Waals surface area contributed by atoms with Crippen molar-refractivity contribution in [1.82, 2.24) is 4.90 Å². The summed E-state index contributed by atoms with van der Waals surface area (Å²) < 4.78 is 0. The van der Waals surface area contributed by atoms with Gasteiger partial charge < -0.3 is 20.4 Å². The highest BCUT2D eigenvalue weighted by molar-refractivity contribution is 5.99. The predicted molar refractivity (Wildman–Crippen MR) is 139 cm³/mol. The normalized spacial score (nSPS) is 14.9. The number of anilines is 3. The average molecular weight is 482 g/mol. The molecular formula is C26H35N5O4. The maximum Gasteiger partial charge on any atom is 0.323 e. The molecule has 0 bridgehead atoms. The Hall–Kier alpha value is -3.62. The van der Waals surface area contributed by atoms with Gasteiger partial charge in [-0.25, -0.2) is 4.79 Å². The van der Waals surface area contributed by atoms with Gasteiger partial charge in [-0.15, -0.1) is 0 Å². The lowest BCUT2D eigenvalue weighted by Gasteiger charge is -2.37. The molecule has 3 rings (SSSR count). The van der Waals surface area contributed by atoms with Crippen molar-refractivity contribution in [1.29, 1.82) is 0 Å². The molecule has 35 heavy (non-hydrogen) atoms. The molecule has 0 aromatic heterocycles. The molecule has 0 radical (unpaired) electrons. The highest BCUT2D eigenvalue weighted by Crippen LogP contribution is 2.27. The second-order valence-corrected chi connectivity index (χ2v) is 10.4. The number of benzene rings is 2. The number of non-ortho nitro benzene ring substituents is 1. The first-order valence-electron chi connectivity index (χ1n) is 12.0. The van der Waals surface area contributed by atoms with Gasteiger partial charge in [0.25, 0.3) is 5.69 Å². The molecular weight excluding hydrogens is 446 g/mol. The highest BCUT2D eigenvalue weighted by atomic mass is 16.6. The monoisotopic (exact) mass is 481 g/mol. The molecule has 1 unspecified atom stereocenters. The van der Waals surface area contributed by atoms with E-state index in [4.69, 9.17) is 0 Å². The summed E-state index contributed by atoms with van der Waals surface area (Å²) >= 11 is 0. The zero-order valence-electron chi connectivity index (χ0n) is 20.9. The largest absolute Gasteiger partial charge is 0.368 e. The van der Waals surface area contributed by atoms with Crippen LogP contribution in [-0.2, 0) is 4.79 Å². The van der Waals surface area contributed by atoms with Crippen LogP contribution in [0, 0.1) is 21.4 Å². The van der Waals surface area contributed by atoms with E-state index in [0.29, 0.717) is 36.8 Å². The van der Waals surface area contributed by atoms with Gasteiger partial charge in [-0.3, -0.25) is 14.9 Å². The molecule has 0 saturated carbocycles. The topological polar surface area (TPSA) is 108 Å². The van der Waals surface area contributed by atoms with Crippen molar-refractivity contribution in [2.24, 2.45) is 11.3 Å². The zero-order valence-corrected chi connectivity index (χ0v) is 20.9. The second kappa shape index (κ2) is 11.2. The number of carbonyl (C=O) groups excluding carboxylic acids is 2. The Morgan fingerprint density at radius 1 is 0.943 bits per heavy atom. The van der Waals surface area contributed by atoms with Crippen LogP contribution in [0.4, 0.5) is 27.5 Å². The standard InChI is InChI=1S/C26H35N5O4/c1-19(18-26(2,3)4)17-24(32)30-15-13-29(14-16-30)22-9-5-20(6-10-22)27-25(33)28-21-7-11-23(12-8-21)31(34)35/h5-12,19H,13-18H2,1-4H3,(H2,27,28,33). The Morgan fingerprint density at radius 2 is 1.46 bits per heavy atom. The van der Waals surface area contributed by atoms with Crippen molar-refractivity contribution in [2.45, 2.75) is 40.5 Å². The van der Waals surface area contributed by atoms with Crippen LogP contribution in [-0.4, -0.2) is 47.9 Å². The van der Waals surface area contributed by atoms with E-state index in [9.17, 15) is 19.7 Å². The minimum atomic E-state index is -0.488. The summed E-state index contributed by atoms with van der Waals surface area (Å²) in [6.07, 6.45) is 1.63. The van der Waals surface area contributed by atoms with Crippen LogP contribution < -0.4 is 15.5 Å². The summed E-state index contributed by atoms with van der Waals surface area (Å²) in [6.45, 7) is 11.7. The Labute approximate surface area is 206 Å². The summed E-state index contributed by atoms with van der Waals surface area (Å²) in [5.74, 6) is 0.609. The van der Waals surface area contributed by atoms with Gasteiger partial charge in [-0.05, 0) is 54.2 Å². The molecule has 0 aliphatic carbocycles.